The van der Waals surface area contributed by atoms with Crippen molar-refractivity contribution in [2.24, 2.45) is 5.73 Å². The quantitative estimate of drug-likeness (QED) is 0.760. The highest BCUT2D eigenvalue weighted by atomic mass is 79.9. The molecule has 0 saturated heterocycles. The number of nitrogen functional groups attached to an aromatic ring is 1. The molecule has 0 aliphatic carbocycles. The summed E-state index contributed by atoms with van der Waals surface area (Å²) in [5.41, 5.74) is 14.6. The molecule has 2 aromatic carbocycles. The monoisotopic (exact) mass is 319 g/mol. The molecule has 5 N–H and O–H groups in total. The summed E-state index contributed by atoms with van der Waals surface area (Å²) in [6, 6.07) is 10.8. The molecule has 0 heterocycles. The lowest BCUT2D eigenvalue weighted by Crippen LogP contribution is -2.13. The van der Waals surface area contributed by atoms with Crippen molar-refractivity contribution in [3.8, 4) is 0 Å². The summed E-state index contributed by atoms with van der Waals surface area (Å²) in [6.07, 6.45) is 0. The zero-order valence-electron chi connectivity index (χ0n) is 10.4. The highest BCUT2D eigenvalue weighted by Gasteiger charge is 2.10. The molecule has 4 nitrogen and oxygen atoms in total. The molecule has 2 aromatic rings. The Balaban J connectivity index is 2.45. The van der Waals surface area contributed by atoms with E-state index in [2.05, 4.69) is 21.2 Å². The maximum absolute atomic E-state index is 11.4. The van der Waals surface area contributed by atoms with E-state index in [9.17, 15) is 4.79 Å². The fourth-order valence-corrected chi connectivity index (χ4v) is 2.12. The van der Waals surface area contributed by atoms with Gasteiger partial charge >= 0.3 is 0 Å². The van der Waals surface area contributed by atoms with Gasteiger partial charge in [0, 0.05) is 15.8 Å². The minimum absolute atomic E-state index is 0.411. The first-order chi connectivity index (χ1) is 8.97. The summed E-state index contributed by atoms with van der Waals surface area (Å²) in [6.45, 7) is 1.98. The van der Waals surface area contributed by atoms with Gasteiger partial charge in [-0.15, -0.1) is 0 Å². The number of rotatable bonds is 3. The molecule has 19 heavy (non-hydrogen) atoms. The van der Waals surface area contributed by atoms with Crippen LogP contribution in [0.3, 0.4) is 0 Å². The van der Waals surface area contributed by atoms with Gasteiger partial charge in [-0.05, 0) is 42.8 Å². The van der Waals surface area contributed by atoms with E-state index in [0.717, 1.165) is 15.7 Å². The van der Waals surface area contributed by atoms with Gasteiger partial charge in [-0.3, -0.25) is 4.79 Å². The predicted octanol–water partition coefficient (Wildman–Crippen LogP) is 3.18. The van der Waals surface area contributed by atoms with Gasteiger partial charge in [-0.2, -0.15) is 0 Å². The van der Waals surface area contributed by atoms with Crippen molar-refractivity contribution in [1.82, 2.24) is 0 Å². The number of nitrogens with two attached hydrogens (primary N) is 2. The summed E-state index contributed by atoms with van der Waals surface area (Å²) in [4.78, 5) is 11.4. The van der Waals surface area contributed by atoms with Crippen LogP contribution in [0.25, 0.3) is 0 Å². The van der Waals surface area contributed by atoms with E-state index in [1.54, 1.807) is 18.2 Å². The number of carbonyl (C=O) groups excluding carboxylic acids is 1. The van der Waals surface area contributed by atoms with E-state index in [0.29, 0.717) is 16.9 Å². The van der Waals surface area contributed by atoms with Gasteiger partial charge in [0.25, 0.3) is 5.91 Å². The molecule has 0 aliphatic rings. The Bertz CT molecular complexity index is 641. The molecule has 1 amide bonds. The van der Waals surface area contributed by atoms with E-state index in [1.807, 2.05) is 25.1 Å². The topological polar surface area (TPSA) is 81.1 Å². The van der Waals surface area contributed by atoms with Gasteiger partial charge in [-0.25, -0.2) is 0 Å². The zero-order chi connectivity index (χ0) is 14.0. The van der Waals surface area contributed by atoms with Crippen LogP contribution in [0, 0.1) is 6.92 Å². The molecule has 2 rings (SSSR count). The number of primary amides is 1. The third-order valence-corrected chi connectivity index (χ3v) is 3.27. The van der Waals surface area contributed by atoms with Crippen LogP contribution < -0.4 is 16.8 Å². The number of hydrogen-bond donors (Lipinski definition) is 3. The lowest BCUT2D eigenvalue weighted by Gasteiger charge is -2.13. The number of carbonyl (C=O) groups is 1. The van der Waals surface area contributed by atoms with Crippen LogP contribution in [-0.4, -0.2) is 5.91 Å². The molecule has 0 aromatic heterocycles. The van der Waals surface area contributed by atoms with E-state index in [-0.39, 0.29) is 0 Å². The Morgan fingerprint density at radius 3 is 2.58 bits per heavy atom. The molecule has 0 saturated carbocycles. The number of aryl methyl sites for hydroxylation is 1. The zero-order valence-corrected chi connectivity index (χ0v) is 12.0. The van der Waals surface area contributed by atoms with Crippen molar-refractivity contribution in [3.05, 3.63) is 52.0 Å². The van der Waals surface area contributed by atoms with Crippen LogP contribution in [0.1, 0.15) is 15.9 Å². The molecule has 0 radical (unpaired) electrons. The Morgan fingerprint density at radius 2 is 1.89 bits per heavy atom. The normalized spacial score (nSPS) is 10.2. The SMILES string of the molecule is Cc1ccc(Br)cc1Nc1cc(N)ccc1C(N)=O. The first-order valence-corrected chi connectivity index (χ1v) is 6.49. The van der Waals surface area contributed by atoms with Crippen LogP contribution >= 0.6 is 15.9 Å². The van der Waals surface area contributed by atoms with Crippen LogP contribution in [0.4, 0.5) is 17.1 Å². The number of halogens is 1. The molecule has 0 atom stereocenters. The van der Waals surface area contributed by atoms with Crippen LogP contribution in [-0.2, 0) is 0 Å². The average Bonchev–Trinajstić information content (AvgIpc) is 2.33. The smallest absolute Gasteiger partial charge is 0.250 e. The minimum Gasteiger partial charge on any atom is -0.399 e. The Labute approximate surface area is 119 Å². The second-order valence-corrected chi connectivity index (χ2v) is 5.17. The van der Waals surface area contributed by atoms with Gasteiger partial charge < -0.3 is 16.8 Å². The third-order valence-electron chi connectivity index (χ3n) is 2.78. The number of amides is 1. The van der Waals surface area contributed by atoms with Crippen molar-refractivity contribution in [3.63, 3.8) is 0 Å². The average molecular weight is 320 g/mol. The van der Waals surface area contributed by atoms with Gasteiger partial charge in [0.05, 0.1) is 11.3 Å². The molecule has 0 spiro atoms. The van der Waals surface area contributed by atoms with Gasteiger partial charge in [-0.1, -0.05) is 22.0 Å². The molecule has 0 bridgehead atoms. The second-order valence-electron chi connectivity index (χ2n) is 4.25. The van der Waals surface area contributed by atoms with E-state index < -0.39 is 5.91 Å². The third kappa shape index (κ3) is 3.06. The number of nitrogens with one attached hydrogen (secondary N) is 1. The molecule has 0 unspecified atom stereocenters. The van der Waals surface area contributed by atoms with Crippen molar-refractivity contribution in [2.45, 2.75) is 6.92 Å². The summed E-state index contributed by atoms with van der Waals surface area (Å²) in [5, 5.41) is 3.19. The Kier molecular flexibility index (Phi) is 3.76. The molecular formula is C14H14BrN3O. The summed E-state index contributed by atoms with van der Waals surface area (Å²) >= 11 is 3.42. The van der Waals surface area contributed by atoms with E-state index >= 15 is 0 Å². The summed E-state index contributed by atoms with van der Waals surface area (Å²) < 4.78 is 0.949. The van der Waals surface area contributed by atoms with Crippen LogP contribution in [0.5, 0.6) is 0 Å². The second kappa shape index (κ2) is 5.32. The number of benzene rings is 2. The van der Waals surface area contributed by atoms with Crippen molar-refractivity contribution in [1.29, 1.82) is 0 Å². The fraction of sp³-hybridized carbons (Fsp3) is 0.0714. The highest BCUT2D eigenvalue weighted by Crippen LogP contribution is 2.27. The molecule has 0 fully saturated rings. The molecule has 0 aliphatic heterocycles. The molecular weight excluding hydrogens is 306 g/mol. The van der Waals surface area contributed by atoms with Gasteiger partial charge in [0.1, 0.15) is 0 Å². The van der Waals surface area contributed by atoms with Crippen molar-refractivity contribution >= 4 is 38.9 Å². The largest absolute Gasteiger partial charge is 0.399 e. The predicted molar refractivity (Wildman–Crippen MR) is 81.5 cm³/mol. The maximum atomic E-state index is 11.4. The maximum Gasteiger partial charge on any atom is 0.250 e. The van der Waals surface area contributed by atoms with Gasteiger partial charge in [0.2, 0.25) is 0 Å². The highest BCUT2D eigenvalue weighted by molar-refractivity contribution is 9.10. The summed E-state index contributed by atoms with van der Waals surface area (Å²) in [7, 11) is 0. The Morgan fingerprint density at radius 1 is 1.16 bits per heavy atom. The van der Waals surface area contributed by atoms with Gasteiger partial charge in [0.15, 0.2) is 0 Å². The van der Waals surface area contributed by atoms with Crippen LogP contribution in [0.15, 0.2) is 40.9 Å². The standard InChI is InChI=1S/C14H14BrN3O/c1-8-2-3-9(15)6-12(8)18-13-7-10(16)4-5-11(13)14(17)19/h2-7,18H,16H2,1H3,(H2,17,19). The van der Waals surface area contributed by atoms with E-state index in [1.165, 1.54) is 0 Å². The lowest BCUT2D eigenvalue weighted by atomic mass is 10.1. The first kappa shape index (κ1) is 13.4. The fourth-order valence-electron chi connectivity index (χ4n) is 1.75. The lowest BCUT2D eigenvalue weighted by molar-refractivity contribution is 0.100. The van der Waals surface area contributed by atoms with Crippen molar-refractivity contribution in [2.75, 3.05) is 11.1 Å². The molecule has 98 valence electrons. The number of anilines is 3. The van der Waals surface area contributed by atoms with Crippen LogP contribution in [0.2, 0.25) is 0 Å². The minimum atomic E-state index is -0.491. The van der Waals surface area contributed by atoms with Crippen molar-refractivity contribution < 1.29 is 4.79 Å². The number of hydrogen-bond acceptors (Lipinski definition) is 3. The van der Waals surface area contributed by atoms with E-state index in [4.69, 9.17) is 11.5 Å². The molecule has 5 heteroatoms. The Hall–Kier alpha value is -2.01. The summed E-state index contributed by atoms with van der Waals surface area (Å²) in [5.74, 6) is -0.491. The first-order valence-electron chi connectivity index (χ1n) is 5.70.